The van der Waals surface area contributed by atoms with Crippen molar-refractivity contribution < 1.29 is 28.6 Å². The maximum Gasteiger partial charge on any atom is 0.311 e. The zero-order valence-corrected chi connectivity index (χ0v) is 17.4. The predicted molar refractivity (Wildman–Crippen MR) is 112 cm³/mol. The van der Waals surface area contributed by atoms with Crippen LogP contribution in [0.4, 0.5) is 8.78 Å². The normalized spacial score (nSPS) is 15.1. The molecule has 0 unspecified atom stereocenters. The average Bonchev–Trinajstić information content (AvgIpc) is 2.94. The molecule has 1 aliphatic carbocycles. The Morgan fingerprint density at radius 3 is 2.48 bits per heavy atom. The van der Waals surface area contributed by atoms with Crippen molar-refractivity contribution in [2.24, 2.45) is 5.92 Å². The maximum atomic E-state index is 14.2. The highest BCUT2D eigenvalue weighted by Crippen LogP contribution is 2.41. The summed E-state index contributed by atoms with van der Waals surface area (Å²) in [6.45, 7) is 1.57. The van der Waals surface area contributed by atoms with Crippen molar-refractivity contribution in [1.82, 2.24) is 4.57 Å². The smallest absolute Gasteiger partial charge is 0.311 e. The molecule has 162 valence electrons. The highest BCUT2D eigenvalue weighted by molar-refractivity contribution is 6.30. The first kappa shape index (κ1) is 21.3. The zero-order chi connectivity index (χ0) is 22.4. The number of carboxylic acid groups (broad SMARTS) is 1. The van der Waals surface area contributed by atoms with Gasteiger partial charge >= 0.3 is 5.97 Å². The lowest BCUT2D eigenvalue weighted by Crippen LogP contribution is -2.21. The number of phenols is 1. The fourth-order valence-corrected chi connectivity index (χ4v) is 4.43. The summed E-state index contributed by atoms with van der Waals surface area (Å²) in [4.78, 5) is 25.4. The molecule has 1 atom stereocenters. The van der Waals surface area contributed by atoms with Gasteiger partial charge in [0.1, 0.15) is 5.82 Å². The number of halogens is 3. The predicted octanol–water partition coefficient (Wildman–Crippen LogP) is 5.63. The molecule has 1 heterocycles. The number of carbonyl (C=O) groups is 2. The van der Waals surface area contributed by atoms with Crippen molar-refractivity contribution in [1.29, 1.82) is 0 Å². The molecule has 0 saturated heterocycles. The highest BCUT2D eigenvalue weighted by atomic mass is 35.5. The number of aromatic nitrogens is 1. The largest absolute Gasteiger partial charge is 0.505 e. The third kappa shape index (κ3) is 3.67. The molecule has 4 rings (SSSR count). The summed E-state index contributed by atoms with van der Waals surface area (Å²) >= 11 is 5.71. The van der Waals surface area contributed by atoms with E-state index < -0.39 is 35.2 Å². The van der Waals surface area contributed by atoms with Gasteiger partial charge in [-0.1, -0.05) is 30.9 Å². The number of benzene rings is 2. The number of carbonyl (C=O) groups excluding carboxylic acids is 1. The van der Waals surface area contributed by atoms with Crippen LogP contribution in [-0.4, -0.2) is 26.7 Å². The van der Waals surface area contributed by atoms with E-state index in [1.54, 1.807) is 6.92 Å². The number of aliphatic carboxylic acids is 1. The maximum absolute atomic E-state index is 14.2. The van der Waals surface area contributed by atoms with Crippen molar-refractivity contribution in [3.05, 3.63) is 63.8 Å². The van der Waals surface area contributed by atoms with Crippen molar-refractivity contribution in [3.63, 3.8) is 0 Å². The fraction of sp³-hybridized carbons (Fsp3) is 0.304. The first-order valence-electron chi connectivity index (χ1n) is 9.95. The van der Waals surface area contributed by atoms with Gasteiger partial charge < -0.3 is 10.2 Å². The van der Waals surface area contributed by atoms with Crippen molar-refractivity contribution in [3.8, 4) is 5.75 Å². The van der Waals surface area contributed by atoms with E-state index >= 15 is 0 Å². The quantitative estimate of drug-likeness (QED) is 0.531. The van der Waals surface area contributed by atoms with E-state index in [4.69, 9.17) is 11.6 Å². The number of rotatable bonds is 5. The second kappa shape index (κ2) is 7.96. The highest BCUT2D eigenvalue weighted by Gasteiger charge is 2.33. The number of carboxylic acids is 1. The van der Waals surface area contributed by atoms with Crippen LogP contribution in [0.2, 0.25) is 5.02 Å². The van der Waals surface area contributed by atoms with E-state index in [1.165, 1.54) is 16.7 Å². The first-order valence-corrected chi connectivity index (χ1v) is 10.3. The molecule has 2 N–H and O–H groups in total. The fourth-order valence-electron chi connectivity index (χ4n) is 4.31. The van der Waals surface area contributed by atoms with E-state index in [0.29, 0.717) is 17.7 Å². The molecular formula is C23H20ClF2NO4. The number of hydrogen-bond donors (Lipinski definition) is 2. The van der Waals surface area contributed by atoms with Crippen LogP contribution < -0.4 is 0 Å². The van der Waals surface area contributed by atoms with E-state index in [0.717, 1.165) is 37.5 Å². The molecular weight excluding hydrogens is 428 g/mol. The third-order valence-electron chi connectivity index (χ3n) is 6.13. The molecule has 1 aromatic heterocycles. The van der Waals surface area contributed by atoms with Crippen LogP contribution in [0.5, 0.6) is 5.75 Å². The molecule has 1 fully saturated rings. The van der Waals surface area contributed by atoms with Crippen molar-refractivity contribution in [2.75, 3.05) is 0 Å². The van der Waals surface area contributed by atoms with Crippen LogP contribution >= 0.6 is 11.6 Å². The Balaban J connectivity index is 1.94. The SMILES string of the molecule is Cc1c([C@H](CC2CCC2)C(=O)O)c2cc(O)c(F)cc2n1C(=O)c1ccc(Cl)c(F)c1. The van der Waals surface area contributed by atoms with Gasteiger partial charge in [0.2, 0.25) is 0 Å². The summed E-state index contributed by atoms with van der Waals surface area (Å²) in [6, 6.07) is 5.71. The van der Waals surface area contributed by atoms with Gasteiger partial charge in [0.15, 0.2) is 11.6 Å². The number of fused-ring (bicyclic) bond motifs is 1. The van der Waals surface area contributed by atoms with E-state index in [1.807, 2.05) is 0 Å². The molecule has 31 heavy (non-hydrogen) atoms. The summed E-state index contributed by atoms with van der Waals surface area (Å²) in [5.74, 6) is -4.73. The lowest BCUT2D eigenvalue weighted by molar-refractivity contribution is -0.139. The summed E-state index contributed by atoms with van der Waals surface area (Å²) in [5, 5.41) is 20.0. The van der Waals surface area contributed by atoms with Gasteiger partial charge in [0.05, 0.1) is 16.5 Å². The minimum Gasteiger partial charge on any atom is -0.505 e. The molecule has 0 radical (unpaired) electrons. The van der Waals surface area contributed by atoms with E-state index in [2.05, 4.69) is 0 Å². The summed E-state index contributed by atoms with van der Waals surface area (Å²) in [7, 11) is 0. The zero-order valence-electron chi connectivity index (χ0n) is 16.7. The summed E-state index contributed by atoms with van der Waals surface area (Å²) in [5.41, 5.74) is 0.760. The standard InChI is InChI=1S/C23H20ClF2NO4/c1-11-21(15(23(30)31)7-12-3-2-4-12)14-9-20(28)18(26)10-19(14)27(11)22(29)13-5-6-16(24)17(25)8-13/h5-6,8-10,12,15,28H,2-4,7H2,1H3,(H,30,31)/t15-/m0/s1. The second-order valence-electron chi connectivity index (χ2n) is 8.01. The first-order chi connectivity index (χ1) is 14.7. The minimum absolute atomic E-state index is 0.0206. The summed E-state index contributed by atoms with van der Waals surface area (Å²) in [6.07, 6.45) is 3.30. The molecule has 0 spiro atoms. The van der Waals surface area contributed by atoms with Gasteiger partial charge in [-0.2, -0.15) is 0 Å². The molecule has 0 bridgehead atoms. The Hall–Kier alpha value is -2.93. The molecule has 8 heteroatoms. The Morgan fingerprint density at radius 1 is 1.19 bits per heavy atom. The molecule has 1 saturated carbocycles. The van der Waals surface area contributed by atoms with Crippen LogP contribution in [-0.2, 0) is 4.79 Å². The Morgan fingerprint density at radius 2 is 1.90 bits per heavy atom. The van der Waals surface area contributed by atoms with Crippen LogP contribution in [0.15, 0.2) is 30.3 Å². The minimum atomic E-state index is -1.05. The molecule has 2 aromatic carbocycles. The molecule has 0 amide bonds. The number of nitrogens with zero attached hydrogens (tertiary/aromatic N) is 1. The van der Waals surface area contributed by atoms with Crippen LogP contribution in [0.1, 0.15) is 53.2 Å². The monoisotopic (exact) mass is 447 g/mol. The molecule has 1 aliphatic rings. The summed E-state index contributed by atoms with van der Waals surface area (Å²) < 4.78 is 29.3. The topological polar surface area (TPSA) is 79.5 Å². The van der Waals surface area contributed by atoms with Gasteiger partial charge in [0, 0.05) is 22.7 Å². The van der Waals surface area contributed by atoms with Gasteiger partial charge in [-0.05, 0) is 49.1 Å². The molecule has 3 aromatic rings. The van der Waals surface area contributed by atoms with Gasteiger partial charge in [-0.15, -0.1) is 0 Å². The van der Waals surface area contributed by atoms with Crippen molar-refractivity contribution >= 4 is 34.4 Å². The van der Waals surface area contributed by atoms with E-state index in [-0.39, 0.29) is 27.4 Å². The van der Waals surface area contributed by atoms with Crippen LogP contribution in [0, 0.1) is 24.5 Å². The Kier molecular flexibility index (Phi) is 5.47. The Labute approximate surface area is 181 Å². The van der Waals surface area contributed by atoms with Gasteiger partial charge in [-0.25, -0.2) is 8.78 Å². The van der Waals surface area contributed by atoms with Crippen LogP contribution in [0.3, 0.4) is 0 Å². The van der Waals surface area contributed by atoms with Gasteiger partial charge in [0.25, 0.3) is 5.91 Å². The van der Waals surface area contributed by atoms with E-state index in [9.17, 15) is 28.6 Å². The average molecular weight is 448 g/mol. The van der Waals surface area contributed by atoms with Crippen LogP contribution in [0.25, 0.3) is 10.9 Å². The number of aromatic hydroxyl groups is 1. The van der Waals surface area contributed by atoms with Gasteiger partial charge in [-0.3, -0.25) is 14.2 Å². The number of hydrogen-bond acceptors (Lipinski definition) is 3. The number of phenolic OH excluding ortho intramolecular Hbond substituents is 1. The lowest BCUT2D eigenvalue weighted by atomic mass is 9.77. The second-order valence-corrected chi connectivity index (χ2v) is 8.42. The lowest BCUT2D eigenvalue weighted by Gasteiger charge is -2.28. The third-order valence-corrected chi connectivity index (χ3v) is 6.44. The molecule has 0 aliphatic heterocycles. The Bertz CT molecular complexity index is 1220. The van der Waals surface area contributed by atoms with Crippen molar-refractivity contribution in [2.45, 2.75) is 38.5 Å². The molecule has 5 nitrogen and oxygen atoms in total.